The highest BCUT2D eigenvalue weighted by atomic mass is 15.1. The minimum atomic E-state index is 0.597. The molecule has 1 atom stereocenters. The van der Waals surface area contributed by atoms with Crippen molar-refractivity contribution in [2.45, 2.75) is 39.3 Å². The summed E-state index contributed by atoms with van der Waals surface area (Å²) in [5.41, 5.74) is 0. The normalized spacial score (nSPS) is 14.5. The molecular formula is C9H22N2. The van der Waals surface area contributed by atoms with Crippen molar-refractivity contribution in [2.75, 3.05) is 20.6 Å². The van der Waals surface area contributed by atoms with Crippen LogP contribution in [-0.4, -0.2) is 37.6 Å². The molecule has 2 nitrogen and oxygen atoms in total. The highest BCUT2D eigenvalue weighted by Gasteiger charge is 2.07. The van der Waals surface area contributed by atoms with Crippen LogP contribution in [0.25, 0.3) is 0 Å². The van der Waals surface area contributed by atoms with Crippen molar-refractivity contribution >= 4 is 0 Å². The van der Waals surface area contributed by atoms with Gasteiger partial charge in [-0.2, -0.15) is 0 Å². The molecule has 0 fully saturated rings. The minimum Gasteiger partial charge on any atom is -0.311 e. The molecule has 0 saturated heterocycles. The quantitative estimate of drug-likeness (QED) is 0.649. The summed E-state index contributed by atoms with van der Waals surface area (Å²) in [4.78, 5) is 2.23. The van der Waals surface area contributed by atoms with Gasteiger partial charge in [0.15, 0.2) is 0 Å². The van der Waals surface area contributed by atoms with E-state index >= 15 is 0 Å². The zero-order valence-electron chi connectivity index (χ0n) is 8.52. The van der Waals surface area contributed by atoms with Gasteiger partial charge in [-0.25, -0.2) is 0 Å². The van der Waals surface area contributed by atoms with Crippen molar-refractivity contribution < 1.29 is 0 Å². The van der Waals surface area contributed by atoms with E-state index in [1.54, 1.807) is 0 Å². The first-order valence-corrected chi connectivity index (χ1v) is 4.47. The van der Waals surface area contributed by atoms with Crippen LogP contribution in [0.5, 0.6) is 0 Å². The molecule has 0 amide bonds. The summed E-state index contributed by atoms with van der Waals surface area (Å²) in [6, 6.07) is 1.24. The number of rotatable bonds is 5. The molecule has 0 aliphatic heterocycles. The van der Waals surface area contributed by atoms with Crippen molar-refractivity contribution in [1.29, 1.82) is 0 Å². The van der Waals surface area contributed by atoms with E-state index in [0.717, 1.165) is 6.54 Å². The summed E-state index contributed by atoms with van der Waals surface area (Å²) in [5.74, 6) is 0. The van der Waals surface area contributed by atoms with Crippen LogP contribution in [0.15, 0.2) is 0 Å². The van der Waals surface area contributed by atoms with Crippen LogP contribution in [-0.2, 0) is 0 Å². The third-order valence-corrected chi connectivity index (χ3v) is 1.65. The van der Waals surface area contributed by atoms with Gasteiger partial charge in [0, 0.05) is 18.6 Å². The van der Waals surface area contributed by atoms with E-state index in [0.29, 0.717) is 12.1 Å². The Balaban J connectivity index is 3.58. The lowest BCUT2D eigenvalue weighted by molar-refractivity contribution is 0.319. The molecule has 0 aromatic carbocycles. The van der Waals surface area contributed by atoms with Crippen LogP contribution in [0.1, 0.15) is 27.2 Å². The highest BCUT2D eigenvalue weighted by Crippen LogP contribution is 1.94. The lowest BCUT2D eigenvalue weighted by Gasteiger charge is -2.23. The largest absolute Gasteiger partial charge is 0.311 e. The van der Waals surface area contributed by atoms with Crippen molar-refractivity contribution in [3.8, 4) is 0 Å². The molecule has 0 saturated carbocycles. The van der Waals surface area contributed by atoms with Crippen LogP contribution in [0.3, 0.4) is 0 Å². The molecule has 68 valence electrons. The van der Waals surface area contributed by atoms with Crippen LogP contribution < -0.4 is 5.32 Å². The Morgan fingerprint density at radius 3 is 2.09 bits per heavy atom. The molecule has 0 rings (SSSR count). The summed E-state index contributed by atoms with van der Waals surface area (Å²) in [6.45, 7) is 7.74. The summed E-state index contributed by atoms with van der Waals surface area (Å²) in [6.07, 6.45) is 1.20. The standard InChI is InChI=1S/C9H22N2/c1-6-9(7-11(4)5)10-8(2)3/h8-10H,6-7H2,1-5H3. The number of hydrogen-bond donors (Lipinski definition) is 1. The molecule has 11 heavy (non-hydrogen) atoms. The van der Waals surface area contributed by atoms with E-state index in [-0.39, 0.29) is 0 Å². The van der Waals surface area contributed by atoms with Crippen molar-refractivity contribution in [1.82, 2.24) is 10.2 Å². The van der Waals surface area contributed by atoms with Crippen LogP contribution in [0.4, 0.5) is 0 Å². The maximum Gasteiger partial charge on any atom is 0.0194 e. The van der Waals surface area contributed by atoms with Crippen molar-refractivity contribution in [3.05, 3.63) is 0 Å². The van der Waals surface area contributed by atoms with Gasteiger partial charge in [0.2, 0.25) is 0 Å². The van der Waals surface area contributed by atoms with Crippen molar-refractivity contribution in [3.63, 3.8) is 0 Å². The van der Waals surface area contributed by atoms with E-state index in [1.807, 2.05) is 0 Å². The Hall–Kier alpha value is -0.0800. The van der Waals surface area contributed by atoms with Gasteiger partial charge in [-0.3, -0.25) is 0 Å². The summed E-state index contributed by atoms with van der Waals surface area (Å²) < 4.78 is 0. The Labute approximate surface area is 71.0 Å². The molecule has 0 aliphatic carbocycles. The number of nitrogens with zero attached hydrogens (tertiary/aromatic N) is 1. The fourth-order valence-electron chi connectivity index (χ4n) is 1.21. The molecule has 0 heterocycles. The topological polar surface area (TPSA) is 15.3 Å². The molecular weight excluding hydrogens is 136 g/mol. The Morgan fingerprint density at radius 1 is 1.27 bits per heavy atom. The third-order valence-electron chi connectivity index (χ3n) is 1.65. The van der Waals surface area contributed by atoms with E-state index in [2.05, 4.69) is 45.1 Å². The molecule has 0 spiro atoms. The van der Waals surface area contributed by atoms with E-state index in [1.165, 1.54) is 6.42 Å². The van der Waals surface area contributed by atoms with Gasteiger partial charge in [-0.05, 0) is 20.5 Å². The van der Waals surface area contributed by atoms with Crippen LogP contribution in [0, 0.1) is 0 Å². The van der Waals surface area contributed by atoms with Gasteiger partial charge in [-0.1, -0.05) is 20.8 Å². The van der Waals surface area contributed by atoms with Crippen LogP contribution in [0.2, 0.25) is 0 Å². The van der Waals surface area contributed by atoms with E-state index in [4.69, 9.17) is 0 Å². The van der Waals surface area contributed by atoms with E-state index in [9.17, 15) is 0 Å². The number of hydrogen-bond acceptors (Lipinski definition) is 2. The second kappa shape index (κ2) is 5.56. The number of nitrogens with one attached hydrogen (secondary N) is 1. The lowest BCUT2D eigenvalue weighted by Crippen LogP contribution is -2.41. The fraction of sp³-hybridized carbons (Fsp3) is 1.00. The average Bonchev–Trinajstić information content (AvgIpc) is 1.84. The fourth-order valence-corrected chi connectivity index (χ4v) is 1.21. The van der Waals surface area contributed by atoms with Crippen molar-refractivity contribution in [2.24, 2.45) is 0 Å². The zero-order valence-corrected chi connectivity index (χ0v) is 8.52. The molecule has 0 bridgehead atoms. The first-order chi connectivity index (χ1) is 5.06. The predicted molar refractivity (Wildman–Crippen MR) is 50.9 cm³/mol. The summed E-state index contributed by atoms with van der Waals surface area (Å²) in [7, 11) is 4.23. The molecule has 1 N–H and O–H groups in total. The molecule has 0 radical (unpaired) electrons. The Bertz CT molecular complexity index is 79.6. The first-order valence-electron chi connectivity index (χ1n) is 4.47. The van der Waals surface area contributed by atoms with Gasteiger partial charge in [-0.15, -0.1) is 0 Å². The van der Waals surface area contributed by atoms with Crippen LogP contribution >= 0.6 is 0 Å². The molecule has 0 aromatic rings. The van der Waals surface area contributed by atoms with Gasteiger partial charge >= 0.3 is 0 Å². The van der Waals surface area contributed by atoms with Gasteiger partial charge in [0.05, 0.1) is 0 Å². The number of likely N-dealkylation sites (N-methyl/N-ethyl adjacent to an activating group) is 1. The Morgan fingerprint density at radius 2 is 1.82 bits per heavy atom. The van der Waals surface area contributed by atoms with E-state index < -0.39 is 0 Å². The summed E-state index contributed by atoms with van der Waals surface area (Å²) >= 11 is 0. The molecule has 1 unspecified atom stereocenters. The minimum absolute atomic E-state index is 0.597. The van der Waals surface area contributed by atoms with Gasteiger partial charge in [0.1, 0.15) is 0 Å². The average molecular weight is 158 g/mol. The maximum atomic E-state index is 3.52. The second-order valence-electron chi connectivity index (χ2n) is 3.69. The predicted octanol–water partition coefficient (Wildman–Crippen LogP) is 1.32. The zero-order chi connectivity index (χ0) is 8.85. The maximum absolute atomic E-state index is 3.52. The second-order valence-corrected chi connectivity index (χ2v) is 3.69. The third kappa shape index (κ3) is 6.32. The Kier molecular flexibility index (Phi) is 5.51. The first kappa shape index (κ1) is 10.9. The molecule has 2 heteroatoms. The molecule has 0 aliphatic rings. The monoisotopic (exact) mass is 158 g/mol. The SMILES string of the molecule is CCC(CN(C)C)NC(C)C. The van der Waals surface area contributed by atoms with Gasteiger partial charge in [0.25, 0.3) is 0 Å². The van der Waals surface area contributed by atoms with Gasteiger partial charge < -0.3 is 10.2 Å². The summed E-state index contributed by atoms with van der Waals surface area (Å²) in [5, 5.41) is 3.52. The lowest BCUT2D eigenvalue weighted by atomic mass is 10.2. The highest BCUT2D eigenvalue weighted by molar-refractivity contribution is 4.69. The molecule has 0 aromatic heterocycles. The smallest absolute Gasteiger partial charge is 0.0194 e.